The standard InChI is InChI=1S/C15H17ClN2/c1-11(17-3)14-7-8-15(2,10-18-14)12-5-4-6-13(16)9-12/h4-7,9-10,17H,1,8H2,2-3H3. The second-order valence-corrected chi connectivity index (χ2v) is 5.14. The molecule has 2 rings (SSSR count). The Balaban J connectivity index is 2.25. The summed E-state index contributed by atoms with van der Waals surface area (Å²) >= 11 is 6.04. The fourth-order valence-corrected chi connectivity index (χ4v) is 2.18. The molecule has 1 aromatic rings. The van der Waals surface area contributed by atoms with Gasteiger partial charge in [0.2, 0.25) is 0 Å². The first-order valence-corrected chi connectivity index (χ1v) is 6.31. The molecule has 94 valence electrons. The average molecular weight is 261 g/mol. The predicted molar refractivity (Wildman–Crippen MR) is 78.2 cm³/mol. The lowest BCUT2D eigenvalue weighted by Gasteiger charge is -2.28. The summed E-state index contributed by atoms with van der Waals surface area (Å²) in [6, 6.07) is 7.95. The van der Waals surface area contributed by atoms with Gasteiger partial charge < -0.3 is 5.32 Å². The zero-order valence-corrected chi connectivity index (χ0v) is 11.5. The molecule has 3 heteroatoms. The quantitative estimate of drug-likeness (QED) is 0.881. The van der Waals surface area contributed by atoms with E-state index in [9.17, 15) is 0 Å². The van der Waals surface area contributed by atoms with Crippen molar-refractivity contribution in [2.45, 2.75) is 18.8 Å². The fourth-order valence-electron chi connectivity index (χ4n) is 1.99. The molecule has 1 unspecified atom stereocenters. The van der Waals surface area contributed by atoms with Gasteiger partial charge in [0.15, 0.2) is 0 Å². The van der Waals surface area contributed by atoms with Gasteiger partial charge in [-0.15, -0.1) is 0 Å². The third kappa shape index (κ3) is 2.49. The van der Waals surface area contributed by atoms with Crippen molar-refractivity contribution in [2.24, 2.45) is 4.99 Å². The number of benzene rings is 1. The maximum absolute atomic E-state index is 6.04. The molecule has 0 radical (unpaired) electrons. The van der Waals surface area contributed by atoms with E-state index < -0.39 is 0 Å². The zero-order valence-electron chi connectivity index (χ0n) is 10.7. The van der Waals surface area contributed by atoms with E-state index >= 15 is 0 Å². The number of hydrogen-bond donors (Lipinski definition) is 1. The molecule has 1 aliphatic heterocycles. The van der Waals surface area contributed by atoms with E-state index in [4.69, 9.17) is 11.6 Å². The topological polar surface area (TPSA) is 24.4 Å². The molecule has 1 aromatic carbocycles. The molecule has 1 aliphatic rings. The smallest absolute Gasteiger partial charge is 0.0811 e. The Bertz CT molecular complexity index is 531. The number of hydrogen-bond acceptors (Lipinski definition) is 2. The Morgan fingerprint density at radius 2 is 2.28 bits per heavy atom. The van der Waals surface area contributed by atoms with Crippen molar-refractivity contribution in [3.8, 4) is 0 Å². The van der Waals surface area contributed by atoms with Gasteiger partial charge in [0.1, 0.15) is 0 Å². The van der Waals surface area contributed by atoms with Crippen LogP contribution in [0.2, 0.25) is 5.02 Å². The summed E-state index contributed by atoms with van der Waals surface area (Å²) in [5, 5.41) is 3.77. The molecule has 0 spiro atoms. The van der Waals surface area contributed by atoms with Gasteiger partial charge in [-0.1, -0.05) is 43.3 Å². The van der Waals surface area contributed by atoms with Gasteiger partial charge in [-0.3, -0.25) is 4.99 Å². The molecule has 0 amide bonds. The van der Waals surface area contributed by atoms with Crippen molar-refractivity contribution < 1.29 is 0 Å². The summed E-state index contributed by atoms with van der Waals surface area (Å²) in [6.07, 6.45) is 4.99. The minimum Gasteiger partial charge on any atom is -0.387 e. The highest BCUT2D eigenvalue weighted by Gasteiger charge is 2.26. The Hall–Kier alpha value is -1.54. The molecular formula is C15H17ClN2. The molecule has 0 aromatic heterocycles. The highest BCUT2D eigenvalue weighted by molar-refractivity contribution is 6.30. The average Bonchev–Trinajstić information content (AvgIpc) is 2.39. The molecule has 0 aliphatic carbocycles. The third-order valence-corrected chi connectivity index (χ3v) is 3.54. The molecule has 1 N–H and O–H groups in total. The number of likely N-dealkylation sites (N-methyl/N-ethyl adjacent to an activating group) is 1. The largest absolute Gasteiger partial charge is 0.387 e. The second-order valence-electron chi connectivity index (χ2n) is 4.71. The van der Waals surface area contributed by atoms with Gasteiger partial charge in [0.05, 0.1) is 11.4 Å². The Kier molecular flexibility index (Phi) is 3.58. The van der Waals surface area contributed by atoms with Crippen LogP contribution in [0.5, 0.6) is 0 Å². The number of aliphatic imine (C=N–C) groups is 1. The highest BCUT2D eigenvalue weighted by Crippen LogP contribution is 2.32. The highest BCUT2D eigenvalue weighted by atomic mass is 35.5. The van der Waals surface area contributed by atoms with E-state index in [-0.39, 0.29) is 5.41 Å². The monoisotopic (exact) mass is 260 g/mol. The van der Waals surface area contributed by atoms with Gasteiger partial charge in [-0.2, -0.15) is 0 Å². The van der Waals surface area contributed by atoms with Crippen molar-refractivity contribution in [3.63, 3.8) is 0 Å². The third-order valence-electron chi connectivity index (χ3n) is 3.30. The first kappa shape index (κ1) is 12.9. The van der Waals surface area contributed by atoms with Crippen LogP contribution in [0, 0.1) is 0 Å². The summed E-state index contributed by atoms with van der Waals surface area (Å²) in [4.78, 5) is 4.49. The lowest BCUT2D eigenvalue weighted by atomic mass is 9.79. The summed E-state index contributed by atoms with van der Waals surface area (Å²) < 4.78 is 0. The molecule has 1 heterocycles. The zero-order chi connectivity index (χ0) is 13.2. The first-order valence-electron chi connectivity index (χ1n) is 5.93. The molecule has 18 heavy (non-hydrogen) atoms. The lowest BCUT2D eigenvalue weighted by Crippen LogP contribution is -2.26. The van der Waals surface area contributed by atoms with Crippen LogP contribution in [-0.2, 0) is 5.41 Å². The van der Waals surface area contributed by atoms with E-state index in [1.165, 1.54) is 5.56 Å². The van der Waals surface area contributed by atoms with Crippen molar-refractivity contribution in [2.75, 3.05) is 7.05 Å². The Morgan fingerprint density at radius 3 is 2.83 bits per heavy atom. The molecular weight excluding hydrogens is 244 g/mol. The molecule has 0 saturated heterocycles. The van der Waals surface area contributed by atoms with Crippen molar-refractivity contribution >= 4 is 17.8 Å². The Labute approximate surface area is 113 Å². The second kappa shape index (κ2) is 4.99. The van der Waals surface area contributed by atoms with E-state index in [1.54, 1.807) is 0 Å². The molecule has 2 nitrogen and oxygen atoms in total. The van der Waals surface area contributed by atoms with E-state index in [2.05, 4.69) is 36.0 Å². The SMILES string of the molecule is C=C(NC)C1=CCC(C)(c2cccc(Cl)c2)C=N1. The van der Waals surface area contributed by atoms with E-state index in [1.807, 2.05) is 31.5 Å². The van der Waals surface area contributed by atoms with Crippen LogP contribution >= 0.6 is 11.6 Å². The Morgan fingerprint density at radius 1 is 1.50 bits per heavy atom. The number of halogens is 1. The minimum atomic E-state index is -0.0948. The predicted octanol–water partition coefficient (Wildman–Crippen LogP) is 3.69. The summed E-state index contributed by atoms with van der Waals surface area (Å²) in [7, 11) is 1.85. The molecule has 0 bridgehead atoms. The first-order chi connectivity index (χ1) is 8.55. The summed E-state index contributed by atoms with van der Waals surface area (Å²) in [5.41, 5.74) is 2.85. The molecule has 0 saturated carbocycles. The lowest BCUT2D eigenvalue weighted by molar-refractivity contribution is 0.649. The maximum Gasteiger partial charge on any atom is 0.0811 e. The number of rotatable bonds is 3. The maximum atomic E-state index is 6.04. The van der Waals surface area contributed by atoms with Gasteiger partial charge in [0.25, 0.3) is 0 Å². The molecule has 1 atom stereocenters. The van der Waals surface area contributed by atoms with Crippen LogP contribution in [0.25, 0.3) is 0 Å². The van der Waals surface area contributed by atoms with Crippen molar-refractivity contribution in [3.05, 3.63) is 58.9 Å². The van der Waals surface area contributed by atoms with Crippen LogP contribution in [0.3, 0.4) is 0 Å². The summed E-state index contributed by atoms with van der Waals surface area (Å²) in [5.74, 6) is 0. The van der Waals surface area contributed by atoms with E-state index in [0.29, 0.717) is 0 Å². The number of allylic oxidation sites excluding steroid dienone is 1. The summed E-state index contributed by atoms with van der Waals surface area (Å²) in [6.45, 7) is 6.08. The van der Waals surface area contributed by atoms with Crippen LogP contribution in [0.15, 0.2) is 53.3 Å². The normalized spacial score (nSPS) is 22.5. The number of nitrogens with zero attached hydrogens (tertiary/aromatic N) is 1. The van der Waals surface area contributed by atoms with Gasteiger partial charge in [-0.25, -0.2) is 0 Å². The van der Waals surface area contributed by atoms with Crippen LogP contribution < -0.4 is 5.32 Å². The van der Waals surface area contributed by atoms with Crippen molar-refractivity contribution in [1.82, 2.24) is 5.32 Å². The number of nitrogens with one attached hydrogen (secondary N) is 1. The van der Waals surface area contributed by atoms with Crippen LogP contribution in [0.1, 0.15) is 18.9 Å². The van der Waals surface area contributed by atoms with Crippen LogP contribution in [0.4, 0.5) is 0 Å². The van der Waals surface area contributed by atoms with Gasteiger partial charge >= 0.3 is 0 Å². The van der Waals surface area contributed by atoms with E-state index in [0.717, 1.165) is 22.8 Å². The van der Waals surface area contributed by atoms with Gasteiger partial charge in [-0.05, 0) is 24.1 Å². The fraction of sp³-hybridized carbons (Fsp3) is 0.267. The van der Waals surface area contributed by atoms with Crippen LogP contribution in [-0.4, -0.2) is 13.3 Å². The van der Waals surface area contributed by atoms with Crippen molar-refractivity contribution in [1.29, 1.82) is 0 Å². The van der Waals surface area contributed by atoms with Gasteiger partial charge in [0, 0.05) is 23.7 Å². The minimum absolute atomic E-state index is 0.0948. The molecule has 0 fully saturated rings.